The molecule has 0 saturated carbocycles. The van der Waals surface area contributed by atoms with Gasteiger partial charge >= 0.3 is 11.9 Å². The summed E-state index contributed by atoms with van der Waals surface area (Å²) in [6.07, 6.45) is 1.39. The molecule has 0 bridgehead atoms. The van der Waals surface area contributed by atoms with Gasteiger partial charge in [0.05, 0.1) is 13.2 Å². The smallest absolute Gasteiger partial charge is 0.305 e. The van der Waals surface area contributed by atoms with Crippen molar-refractivity contribution in [2.75, 3.05) is 13.2 Å². The molecule has 0 unspecified atom stereocenters. The van der Waals surface area contributed by atoms with Crippen LogP contribution in [0.1, 0.15) is 40.5 Å². The molecule has 0 aliphatic rings. The van der Waals surface area contributed by atoms with Gasteiger partial charge < -0.3 is 9.47 Å². The molecule has 0 heterocycles. The zero-order valence-corrected chi connectivity index (χ0v) is 9.46. The standard InChI is InChI=1S/C6H12O2.C4H8O2/c1-3-5-8-6(7)4-2;1-3-6-4(2)5/h3-5H2,1-2H3;3H2,1-2H3. The fourth-order valence-corrected chi connectivity index (χ4v) is 0.521. The van der Waals surface area contributed by atoms with Crippen molar-refractivity contribution in [3.05, 3.63) is 0 Å². The molecule has 84 valence electrons. The molecule has 0 aliphatic heterocycles. The zero-order chi connectivity index (χ0) is 11.4. The van der Waals surface area contributed by atoms with Crippen LogP contribution in [0.5, 0.6) is 0 Å². The summed E-state index contributed by atoms with van der Waals surface area (Å²) in [6.45, 7) is 7.98. The summed E-state index contributed by atoms with van der Waals surface area (Å²) >= 11 is 0. The summed E-state index contributed by atoms with van der Waals surface area (Å²) < 4.78 is 9.10. The Bertz CT molecular complexity index is 154. The highest BCUT2D eigenvalue weighted by Gasteiger charge is 1.93. The van der Waals surface area contributed by atoms with Gasteiger partial charge in [-0.25, -0.2) is 0 Å². The SMILES string of the molecule is CCCOC(=O)CC.CCOC(C)=O. The van der Waals surface area contributed by atoms with Crippen molar-refractivity contribution in [2.24, 2.45) is 0 Å². The second kappa shape index (κ2) is 11.9. The van der Waals surface area contributed by atoms with Gasteiger partial charge in [-0.05, 0) is 13.3 Å². The average molecular weight is 204 g/mol. The summed E-state index contributed by atoms with van der Waals surface area (Å²) in [6, 6.07) is 0. The zero-order valence-electron chi connectivity index (χ0n) is 9.46. The lowest BCUT2D eigenvalue weighted by Gasteiger charge is -1.97. The number of ether oxygens (including phenoxy) is 2. The molecule has 0 aromatic rings. The van der Waals surface area contributed by atoms with Crippen molar-refractivity contribution in [1.29, 1.82) is 0 Å². The van der Waals surface area contributed by atoms with Crippen molar-refractivity contribution in [3.8, 4) is 0 Å². The Morgan fingerprint density at radius 3 is 1.86 bits per heavy atom. The van der Waals surface area contributed by atoms with Gasteiger partial charge in [-0.1, -0.05) is 13.8 Å². The van der Waals surface area contributed by atoms with Crippen LogP contribution in [0, 0.1) is 0 Å². The fraction of sp³-hybridized carbons (Fsp3) is 0.800. The van der Waals surface area contributed by atoms with Crippen LogP contribution < -0.4 is 0 Å². The van der Waals surface area contributed by atoms with Crippen LogP contribution in [0.2, 0.25) is 0 Å². The Labute approximate surface area is 85.6 Å². The van der Waals surface area contributed by atoms with Gasteiger partial charge in [0.15, 0.2) is 0 Å². The van der Waals surface area contributed by atoms with Crippen molar-refractivity contribution in [2.45, 2.75) is 40.5 Å². The van der Waals surface area contributed by atoms with E-state index in [0.717, 1.165) is 6.42 Å². The molecule has 14 heavy (non-hydrogen) atoms. The van der Waals surface area contributed by atoms with E-state index < -0.39 is 0 Å². The van der Waals surface area contributed by atoms with Crippen molar-refractivity contribution < 1.29 is 19.1 Å². The molecule has 0 amide bonds. The Balaban J connectivity index is 0. The molecule has 0 saturated heterocycles. The largest absolute Gasteiger partial charge is 0.466 e. The summed E-state index contributed by atoms with van der Waals surface area (Å²) in [7, 11) is 0. The molecule has 4 nitrogen and oxygen atoms in total. The first-order valence-electron chi connectivity index (χ1n) is 4.87. The Morgan fingerprint density at radius 1 is 1.07 bits per heavy atom. The van der Waals surface area contributed by atoms with Gasteiger partial charge in [-0.3, -0.25) is 9.59 Å². The van der Waals surface area contributed by atoms with E-state index >= 15 is 0 Å². The molecule has 0 aliphatic carbocycles. The number of hydrogen-bond acceptors (Lipinski definition) is 4. The highest BCUT2D eigenvalue weighted by atomic mass is 16.5. The summed E-state index contributed by atoms with van der Waals surface area (Å²) in [5.74, 6) is -0.315. The van der Waals surface area contributed by atoms with E-state index in [2.05, 4.69) is 4.74 Å². The van der Waals surface area contributed by atoms with E-state index in [1.807, 2.05) is 6.92 Å². The Hall–Kier alpha value is -1.06. The van der Waals surface area contributed by atoms with E-state index in [1.54, 1.807) is 13.8 Å². The van der Waals surface area contributed by atoms with Crippen molar-refractivity contribution in [1.82, 2.24) is 0 Å². The van der Waals surface area contributed by atoms with E-state index in [0.29, 0.717) is 19.6 Å². The van der Waals surface area contributed by atoms with Crippen LogP contribution in [0.4, 0.5) is 0 Å². The van der Waals surface area contributed by atoms with E-state index in [1.165, 1.54) is 6.92 Å². The molecule has 4 heteroatoms. The molecule has 0 rings (SSSR count). The van der Waals surface area contributed by atoms with Gasteiger partial charge in [-0.15, -0.1) is 0 Å². The summed E-state index contributed by atoms with van der Waals surface area (Å²) in [5.41, 5.74) is 0. The first kappa shape index (κ1) is 15.4. The minimum Gasteiger partial charge on any atom is -0.466 e. The van der Waals surface area contributed by atoms with Gasteiger partial charge in [0.1, 0.15) is 0 Å². The first-order valence-corrected chi connectivity index (χ1v) is 4.87. The van der Waals surface area contributed by atoms with Crippen LogP contribution in [-0.2, 0) is 19.1 Å². The maximum atomic E-state index is 10.3. The number of carbonyl (C=O) groups excluding carboxylic acids is 2. The third-order valence-corrected chi connectivity index (χ3v) is 1.10. The highest BCUT2D eigenvalue weighted by molar-refractivity contribution is 5.68. The highest BCUT2D eigenvalue weighted by Crippen LogP contribution is 1.85. The van der Waals surface area contributed by atoms with Gasteiger partial charge in [0.25, 0.3) is 0 Å². The summed E-state index contributed by atoms with van der Waals surface area (Å²) in [5, 5.41) is 0. The normalized spacial score (nSPS) is 8.29. The van der Waals surface area contributed by atoms with Crippen LogP contribution in [-0.4, -0.2) is 25.2 Å². The van der Waals surface area contributed by atoms with E-state index in [-0.39, 0.29) is 11.9 Å². The molecule has 0 aromatic carbocycles. The number of hydrogen-bond donors (Lipinski definition) is 0. The summed E-state index contributed by atoms with van der Waals surface area (Å²) in [4.78, 5) is 20.2. The monoisotopic (exact) mass is 204 g/mol. The molecule has 0 radical (unpaired) electrons. The third kappa shape index (κ3) is 17.1. The van der Waals surface area contributed by atoms with Gasteiger partial charge in [-0.2, -0.15) is 0 Å². The minimum atomic E-state index is -0.211. The first-order chi connectivity index (χ1) is 6.58. The second-order valence-corrected chi connectivity index (χ2v) is 2.50. The maximum absolute atomic E-state index is 10.3. The van der Waals surface area contributed by atoms with Gasteiger partial charge in [0.2, 0.25) is 0 Å². The maximum Gasteiger partial charge on any atom is 0.305 e. The predicted octanol–water partition coefficient (Wildman–Crippen LogP) is 1.92. The fourth-order valence-electron chi connectivity index (χ4n) is 0.521. The van der Waals surface area contributed by atoms with E-state index in [4.69, 9.17) is 4.74 Å². The topological polar surface area (TPSA) is 52.6 Å². The molecule has 0 atom stereocenters. The molecule has 0 fully saturated rings. The predicted molar refractivity (Wildman–Crippen MR) is 53.8 cm³/mol. The molecular weight excluding hydrogens is 184 g/mol. The molecular formula is C10H20O4. The average Bonchev–Trinajstić information content (AvgIpc) is 2.15. The van der Waals surface area contributed by atoms with Crippen molar-refractivity contribution in [3.63, 3.8) is 0 Å². The van der Waals surface area contributed by atoms with Crippen LogP contribution in [0.15, 0.2) is 0 Å². The lowest BCUT2D eigenvalue weighted by molar-refractivity contribution is -0.143. The number of carbonyl (C=O) groups is 2. The van der Waals surface area contributed by atoms with Gasteiger partial charge in [0, 0.05) is 13.3 Å². The van der Waals surface area contributed by atoms with Crippen LogP contribution in [0.3, 0.4) is 0 Å². The quantitative estimate of drug-likeness (QED) is 0.656. The Morgan fingerprint density at radius 2 is 1.64 bits per heavy atom. The molecule has 0 N–H and O–H groups in total. The van der Waals surface area contributed by atoms with Crippen molar-refractivity contribution >= 4 is 11.9 Å². The minimum absolute atomic E-state index is 0.105. The van der Waals surface area contributed by atoms with E-state index in [9.17, 15) is 9.59 Å². The Kier molecular flexibility index (Phi) is 13.1. The number of esters is 2. The lowest BCUT2D eigenvalue weighted by atomic mass is 10.5. The molecule has 0 aromatic heterocycles. The van der Waals surface area contributed by atoms with Crippen LogP contribution in [0.25, 0.3) is 0 Å². The number of rotatable bonds is 4. The third-order valence-electron chi connectivity index (χ3n) is 1.10. The molecule has 0 spiro atoms. The second-order valence-electron chi connectivity index (χ2n) is 2.50. The lowest BCUT2D eigenvalue weighted by Crippen LogP contribution is -2.02. The van der Waals surface area contributed by atoms with Crippen LogP contribution >= 0.6 is 0 Å².